The van der Waals surface area contributed by atoms with E-state index < -0.39 is 0 Å². The van der Waals surface area contributed by atoms with E-state index in [2.05, 4.69) is 28.6 Å². The zero-order valence-corrected chi connectivity index (χ0v) is 14.9. The van der Waals surface area contributed by atoms with Crippen LogP contribution in [0.1, 0.15) is 31.2 Å². The molecule has 2 aromatic rings. The van der Waals surface area contributed by atoms with Crippen molar-refractivity contribution in [2.45, 2.75) is 38.1 Å². The molecule has 0 spiro atoms. The van der Waals surface area contributed by atoms with Gasteiger partial charge in [0.05, 0.1) is 0 Å². The van der Waals surface area contributed by atoms with Crippen molar-refractivity contribution < 1.29 is 4.79 Å². The smallest absolute Gasteiger partial charge is 0.308 e. The predicted molar refractivity (Wildman–Crippen MR) is 104 cm³/mol. The topological polar surface area (TPSA) is 44.4 Å². The van der Waals surface area contributed by atoms with E-state index in [-0.39, 0.29) is 6.03 Å². The van der Waals surface area contributed by atoms with E-state index in [1.165, 1.54) is 31.4 Å². The summed E-state index contributed by atoms with van der Waals surface area (Å²) in [6.45, 7) is 1.20. The fourth-order valence-corrected chi connectivity index (χ4v) is 3.50. The van der Waals surface area contributed by atoms with Gasteiger partial charge in [-0.3, -0.25) is 0 Å². The van der Waals surface area contributed by atoms with Crippen LogP contribution in [-0.4, -0.2) is 30.6 Å². The van der Waals surface area contributed by atoms with Crippen molar-refractivity contribution in [1.82, 2.24) is 4.90 Å². The van der Waals surface area contributed by atoms with Crippen molar-refractivity contribution >= 4 is 17.4 Å². The van der Waals surface area contributed by atoms with Gasteiger partial charge < -0.3 is 15.5 Å². The molecule has 0 radical (unpaired) electrons. The fraction of sp³-hybridized carbons (Fsp3) is 0.381. The molecule has 0 aromatic heterocycles. The highest BCUT2D eigenvalue weighted by Crippen LogP contribution is 2.23. The first kappa shape index (κ1) is 17.5. The average molecular weight is 337 g/mol. The van der Waals surface area contributed by atoms with Gasteiger partial charge in [0.1, 0.15) is 0 Å². The summed E-state index contributed by atoms with van der Waals surface area (Å²) in [7, 11) is 2.22. The quantitative estimate of drug-likeness (QED) is 0.827. The molecule has 0 bridgehead atoms. The van der Waals surface area contributed by atoms with Gasteiger partial charge in [0.25, 0.3) is 0 Å². The second kappa shape index (κ2) is 8.67. The maximum absolute atomic E-state index is 12.3. The first-order valence-corrected chi connectivity index (χ1v) is 9.13. The number of nitrogens with zero attached hydrogens (tertiary/aromatic N) is 1. The molecule has 4 heteroatoms. The average Bonchev–Trinajstić information content (AvgIpc) is 2.63. The van der Waals surface area contributed by atoms with E-state index in [1.54, 1.807) is 0 Å². The highest BCUT2D eigenvalue weighted by Gasteiger charge is 2.19. The molecular weight excluding hydrogens is 310 g/mol. The van der Waals surface area contributed by atoms with Gasteiger partial charge in [-0.05, 0) is 63.0 Å². The minimum atomic E-state index is -0.201. The number of hydrogen-bond acceptors (Lipinski definition) is 2. The number of aryl methyl sites for hydroxylation is 1. The van der Waals surface area contributed by atoms with Crippen molar-refractivity contribution in [3.63, 3.8) is 0 Å². The van der Waals surface area contributed by atoms with Crippen molar-refractivity contribution in [1.29, 1.82) is 0 Å². The highest BCUT2D eigenvalue weighted by molar-refractivity contribution is 6.00. The molecule has 1 saturated heterocycles. The van der Waals surface area contributed by atoms with Crippen LogP contribution in [0.15, 0.2) is 54.6 Å². The molecule has 1 aliphatic rings. The zero-order valence-electron chi connectivity index (χ0n) is 14.9. The van der Waals surface area contributed by atoms with Crippen LogP contribution in [0, 0.1) is 0 Å². The Hall–Kier alpha value is -2.33. The summed E-state index contributed by atoms with van der Waals surface area (Å²) in [5, 5.41) is 5.87. The number of carbonyl (C=O) groups is 1. The van der Waals surface area contributed by atoms with E-state index in [9.17, 15) is 4.79 Å². The van der Waals surface area contributed by atoms with Gasteiger partial charge in [0, 0.05) is 17.4 Å². The molecule has 2 amide bonds. The molecule has 2 N–H and O–H groups in total. The Morgan fingerprint density at radius 1 is 1.04 bits per heavy atom. The molecule has 0 aliphatic carbocycles. The lowest BCUT2D eigenvalue weighted by atomic mass is 9.96. The largest absolute Gasteiger partial charge is 0.323 e. The summed E-state index contributed by atoms with van der Waals surface area (Å²) in [5.74, 6) is 0. The molecule has 1 atom stereocenters. The Bertz CT molecular complexity index is 687. The van der Waals surface area contributed by atoms with E-state index in [0.29, 0.717) is 6.04 Å². The van der Waals surface area contributed by atoms with Crippen molar-refractivity contribution in [3.05, 3.63) is 60.2 Å². The SMILES string of the molecule is CN1CCCCC1CCc1ccccc1NC(=O)Nc1ccccc1. The molecule has 1 aliphatic heterocycles. The predicted octanol–water partition coefficient (Wildman–Crippen LogP) is 4.75. The first-order chi connectivity index (χ1) is 12.2. The first-order valence-electron chi connectivity index (χ1n) is 9.13. The lowest BCUT2D eigenvalue weighted by Crippen LogP contribution is -2.36. The Morgan fingerprint density at radius 2 is 1.80 bits per heavy atom. The number of urea groups is 1. The molecule has 4 nitrogen and oxygen atoms in total. The molecule has 1 unspecified atom stereocenters. The normalized spacial score (nSPS) is 17.9. The Labute approximate surface area is 150 Å². The van der Waals surface area contributed by atoms with Gasteiger partial charge >= 0.3 is 6.03 Å². The van der Waals surface area contributed by atoms with Gasteiger partial charge in [0.2, 0.25) is 0 Å². The lowest BCUT2D eigenvalue weighted by molar-refractivity contribution is 0.176. The Morgan fingerprint density at radius 3 is 2.60 bits per heavy atom. The summed E-state index contributed by atoms with van der Waals surface area (Å²) in [5.41, 5.74) is 2.89. The van der Waals surface area contributed by atoms with E-state index >= 15 is 0 Å². The van der Waals surface area contributed by atoms with Crippen LogP contribution in [0.5, 0.6) is 0 Å². The van der Waals surface area contributed by atoms with Crippen molar-refractivity contribution in [2.75, 3.05) is 24.2 Å². The van der Waals surface area contributed by atoms with E-state index in [1.807, 2.05) is 48.5 Å². The Kier molecular flexibility index (Phi) is 6.07. The summed E-state index contributed by atoms with van der Waals surface area (Å²) in [4.78, 5) is 14.7. The molecular formula is C21H27N3O. The maximum Gasteiger partial charge on any atom is 0.323 e. The molecule has 2 aromatic carbocycles. The number of anilines is 2. The number of piperidine rings is 1. The van der Waals surface area contributed by atoms with Gasteiger partial charge in [-0.1, -0.05) is 42.8 Å². The van der Waals surface area contributed by atoms with Crippen LogP contribution in [0.4, 0.5) is 16.2 Å². The van der Waals surface area contributed by atoms with Gasteiger partial charge in [-0.25, -0.2) is 4.79 Å². The number of rotatable bonds is 5. The minimum absolute atomic E-state index is 0.201. The zero-order chi connectivity index (χ0) is 17.5. The van der Waals surface area contributed by atoms with Gasteiger partial charge in [-0.15, -0.1) is 0 Å². The fourth-order valence-electron chi connectivity index (χ4n) is 3.50. The number of benzene rings is 2. The standard InChI is InChI=1S/C21H27N3O/c1-24-16-8-7-12-19(24)15-14-17-9-5-6-13-20(17)23-21(25)22-18-10-3-2-4-11-18/h2-6,9-11,13,19H,7-8,12,14-16H2,1H3,(H2,22,23,25). The monoisotopic (exact) mass is 337 g/mol. The highest BCUT2D eigenvalue weighted by atomic mass is 16.2. The molecule has 3 rings (SSSR count). The van der Waals surface area contributed by atoms with Crippen LogP contribution in [0.25, 0.3) is 0 Å². The number of nitrogens with one attached hydrogen (secondary N) is 2. The van der Waals surface area contributed by atoms with E-state index in [0.717, 1.165) is 24.2 Å². The number of likely N-dealkylation sites (tertiary alicyclic amines) is 1. The minimum Gasteiger partial charge on any atom is -0.308 e. The van der Waals surface area contributed by atoms with Crippen molar-refractivity contribution in [2.24, 2.45) is 0 Å². The third kappa shape index (κ3) is 5.07. The molecule has 0 saturated carbocycles. The Balaban J connectivity index is 1.59. The summed E-state index contributed by atoms with van der Waals surface area (Å²) >= 11 is 0. The number of carbonyl (C=O) groups excluding carboxylic acids is 1. The van der Waals surface area contributed by atoms with Crippen LogP contribution in [-0.2, 0) is 6.42 Å². The third-order valence-electron chi connectivity index (χ3n) is 4.97. The van der Waals surface area contributed by atoms with Crippen LogP contribution in [0.2, 0.25) is 0 Å². The third-order valence-corrected chi connectivity index (χ3v) is 4.97. The summed E-state index contributed by atoms with van der Waals surface area (Å²) < 4.78 is 0. The summed E-state index contributed by atoms with van der Waals surface area (Å²) in [6.07, 6.45) is 6.03. The number of para-hydroxylation sites is 2. The van der Waals surface area contributed by atoms with Crippen LogP contribution < -0.4 is 10.6 Å². The number of amides is 2. The molecule has 1 fully saturated rings. The van der Waals surface area contributed by atoms with Gasteiger partial charge in [0.15, 0.2) is 0 Å². The number of hydrogen-bond donors (Lipinski definition) is 2. The van der Waals surface area contributed by atoms with Crippen molar-refractivity contribution in [3.8, 4) is 0 Å². The van der Waals surface area contributed by atoms with E-state index in [4.69, 9.17) is 0 Å². The molecule has 25 heavy (non-hydrogen) atoms. The maximum atomic E-state index is 12.3. The van der Waals surface area contributed by atoms with Crippen LogP contribution >= 0.6 is 0 Å². The summed E-state index contributed by atoms with van der Waals surface area (Å²) in [6, 6.07) is 18.1. The molecule has 1 heterocycles. The van der Waals surface area contributed by atoms with Gasteiger partial charge in [-0.2, -0.15) is 0 Å². The lowest BCUT2D eigenvalue weighted by Gasteiger charge is -2.32. The molecule has 132 valence electrons. The second-order valence-electron chi connectivity index (χ2n) is 6.77. The van der Waals surface area contributed by atoms with Crippen LogP contribution in [0.3, 0.4) is 0 Å². The second-order valence-corrected chi connectivity index (χ2v) is 6.77.